The van der Waals surface area contributed by atoms with Crippen LogP contribution in [0.3, 0.4) is 0 Å². The van der Waals surface area contributed by atoms with Gasteiger partial charge in [0.2, 0.25) is 5.91 Å². The van der Waals surface area contributed by atoms with Gasteiger partial charge in [-0.1, -0.05) is 18.2 Å². The molecule has 0 bridgehead atoms. The number of anilines is 1. The van der Waals surface area contributed by atoms with E-state index in [0.717, 1.165) is 0 Å². The maximum atomic E-state index is 12.5. The number of nitrogens with one attached hydrogen (secondary N) is 1. The highest BCUT2D eigenvalue weighted by molar-refractivity contribution is 5.97. The molecule has 1 N–H and O–H groups in total. The van der Waals surface area contributed by atoms with E-state index < -0.39 is 5.76 Å². The summed E-state index contributed by atoms with van der Waals surface area (Å²) in [6, 6.07) is 14.0. The van der Waals surface area contributed by atoms with E-state index in [2.05, 4.69) is 5.32 Å². The molecule has 0 saturated heterocycles. The van der Waals surface area contributed by atoms with Gasteiger partial charge in [0.05, 0.1) is 5.52 Å². The predicted octanol–water partition coefficient (Wildman–Crippen LogP) is 3.11. The van der Waals surface area contributed by atoms with Crippen LogP contribution in [-0.2, 0) is 11.3 Å². The lowest BCUT2D eigenvalue weighted by molar-refractivity contribution is -0.116. The predicted molar refractivity (Wildman–Crippen MR) is 107 cm³/mol. The van der Waals surface area contributed by atoms with Gasteiger partial charge in [0, 0.05) is 37.3 Å². The molecule has 146 valence electrons. The van der Waals surface area contributed by atoms with Gasteiger partial charge < -0.3 is 14.6 Å². The van der Waals surface area contributed by atoms with Gasteiger partial charge in [-0.25, -0.2) is 4.79 Å². The first-order valence-electron chi connectivity index (χ1n) is 9.31. The molecule has 7 nitrogen and oxygen atoms in total. The maximum Gasteiger partial charge on any atom is 0.419 e. The van der Waals surface area contributed by atoms with Crippen molar-refractivity contribution in [1.29, 1.82) is 0 Å². The van der Waals surface area contributed by atoms with Gasteiger partial charge in [-0.15, -0.1) is 0 Å². The molecular formula is C21H23N3O4. The van der Waals surface area contributed by atoms with Crippen LogP contribution in [0.4, 0.5) is 5.69 Å². The number of hydrogen-bond acceptors (Lipinski definition) is 4. The van der Waals surface area contributed by atoms with E-state index in [9.17, 15) is 14.4 Å². The number of para-hydroxylation sites is 2. The highest BCUT2D eigenvalue weighted by Crippen LogP contribution is 2.15. The lowest BCUT2D eigenvalue weighted by Gasteiger charge is -2.19. The molecule has 0 aliphatic heterocycles. The van der Waals surface area contributed by atoms with Gasteiger partial charge in [-0.3, -0.25) is 14.2 Å². The minimum absolute atomic E-state index is 0.0717. The number of oxazole rings is 1. The van der Waals surface area contributed by atoms with E-state index >= 15 is 0 Å². The number of benzene rings is 2. The van der Waals surface area contributed by atoms with Crippen molar-refractivity contribution in [3.63, 3.8) is 0 Å². The number of carbonyl (C=O) groups is 2. The molecule has 28 heavy (non-hydrogen) atoms. The van der Waals surface area contributed by atoms with Gasteiger partial charge in [-0.2, -0.15) is 0 Å². The fraction of sp³-hybridized carbons (Fsp3) is 0.286. The lowest BCUT2D eigenvalue weighted by atomic mass is 10.1. The molecule has 0 aliphatic rings. The minimum Gasteiger partial charge on any atom is -0.408 e. The van der Waals surface area contributed by atoms with Crippen molar-refractivity contribution in [1.82, 2.24) is 9.47 Å². The Labute approximate surface area is 162 Å². The molecule has 0 atom stereocenters. The smallest absolute Gasteiger partial charge is 0.408 e. The molecule has 1 heterocycles. The largest absolute Gasteiger partial charge is 0.419 e. The van der Waals surface area contributed by atoms with Crippen LogP contribution in [-0.4, -0.2) is 34.4 Å². The topological polar surface area (TPSA) is 84.5 Å². The molecule has 0 radical (unpaired) electrons. The van der Waals surface area contributed by atoms with Gasteiger partial charge >= 0.3 is 5.76 Å². The molecule has 1 aromatic heterocycles. The number of rotatable bonds is 7. The molecule has 0 unspecified atom stereocenters. The summed E-state index contributed by atoms with van der Waals surface area (Å²) in [5.41, 5.74) is 2.23. The molecule has 0 fully saturated rings. The number of fused-ring (bicyclic) bond motifs is 1. The number of hydrogen-bond donors (Lipinski definition) is 1. The summed E-state index contributed by atoms with van der Waals surface area (Å²) in [6.07, 6.45) is 0.109. The Kier molecular flexibility index (Phi) is 5.93. The van der Waals surface area contributed by atoms with Crippen LogP contribution in [0.1, 0.15) is 30.6 Å². The van der Waals surface area contributed by atoms with Gasteiger partial charge in [-0.05, 0) is 44.2 Å². The Bertz CT molecular complexity index is 1050. The quantitative estimate of drug-likeness (QED) is 0.681. The molecule has 0 aliphatic carbocycles. The van der Waals surface area contributed by atoms with Crippen LogP contribution in [0.2, 0.25) is 0 Å². The van der Waals surface area contributed by atoms with E-state index in [4.69, 9.17) is 4.42 Å². The summed E-state index contributed by atoms with van der Waals surface area (Å²) < 4.78 is 6.61. The SMILES string of the molecule is CCN(CC)C(=O)c1cccc(NC(=O)CCn2c(=O)oc3ccccc32)c1. The first-order valence-corrected chi connectivity index (χ1v) is 9.31. The summed E-state index contributed by atoms with van der Waals surface area (Å²) in [4.78, 5) is 38.5. The second-order valence-corrected chi connectivity index (χ2v) is 6.34. The summed E-state index contributed by atoms with van der Waals surface area (Å²) in [5.74, 6) is -0.803. The molecule has 3 aromatic rings. The van der Waals surface area contributed by atoms with Crippen LogP contribution in [0.25, 0.3) is 11.1 Å². The van der Waals surface area contributed by atoms with Crippen molar-refractivity contribution in [3.05, 3.63) is 64.6 Å². The van der Waals surface area contributed by atoms with E-state index in [-0.39, 0.29) is 24.8 Å². The van der Waals surface area contributed by atoms with Crippen LogP contribution < -0.4 is 11.1 Å². The first-order chi connectivity index (χ1) is 13.5. The second kappa shape index (κ2) is 8.56. The van der Waals surface area contributed by atoms with Crippen LogP contribution in [0.5, 0.6) is 0 Å². The number of nitrogens with zero attached hydrogens (tertiary/aromatic N) is 2. The molecule has 3 rings (SSSR count). The zero-order chi connectivity index (χ0) is 20.1. The lowest BCUT2D eigenvalue weighted by Crippen LogP contribution is -2.30. The molecular weight excluding hydrogens is 358 g/mol. The van der Waals surface area contributed by atoms with Crippen molar-refractivity contribution in [3.8, 4) is 0 Å². The maximum absolute atomic E-state index is 12.5. The first kappa shape index (κ1) is 19.4. The van der Waals surface area contributed by atoms with Crippen molar-refractivity contribution in [2.24, 2.45) is 0 Å². The Balaban J connectivity index is 1.67. The fourth-order valence-electron chi connectivity index (χ4n) is 3.09. The summed E-state index contributed by atoms with van der Waals surface area (Å²) in [7, 11) is 0. The molecule has 2 aromatic carbocycles. The third-order valence-electron chi connectivity index (χ3n) is 4.58. The summed E-state index contributed by atoms with van der Waals surface area (Å²) >= 11 is 0. The van der Waals surface area contributed by atoms with Crippen LogP contribution in [0, 0.1) is 0 Å². The monoisotopic (exact) mass is 381 g/mol. The molecule has 0 saturated carbocycles. The van der Waals surface area contributed by atoms with Crippen molar-refractivity contribution in [2.75, 3.05) is 18.4 Å². The number of aryl methyl sites for hydroxylation is 1. The Hall–Kier alpha value is -3.35. The second-order valence-electron chi connectivity index (χ2n) is 6.34. The average Bonchev–Trinajstić information content (AvgIpc) is 3.02. The number of amides is 2. The Morgan fingerprint density at radius 3 is 2.57 bits per heavy atom. The van der Waals surface area contributed by atoms with Gasteiger partial charge in [0.25, 0.3) is 5.91 Å². The van der Waals surface area contributed by atoms with E-state index in [1.165, 1.54) is 4.57 Å². The van der Waals surface area contributed by atoms with Gasteiger partial charge in [0.15, 0.2) is 5.58 Å². The van der Waals surface area contributed by atoms with E-state index in [1.54, 1.807) is 47.4 Å². The van der Waals surface area contributed by atoms with E-state index in [0.29, 0.717) is 35.4 Å². The number of carbonyl (C=O) groups excluding carboxylic acids is 2. The zero-order valence-electron chi connectivity index (χ0n) is 16.0. The van der Waals surface area contributed by atoms with Crippen LogP contribution >= 0.6 is 0 Å². The summed E-state index contributed by atoms with van der Waals surface area (Å²) in [6.45, 7) is 5.31. The minimum atomic E-state index is -0.485. The zero-order valence-corrected chi connectivity index (χ0v) is 16.0. The number of aromatic nitrogens is 1. The van der Waals surface area contributed by atoms with E-state index in [1.807, 2.05) is 19.9 Å². The molecule has 7 heteroatoms. The van der Waals surface area contributed by atoms with Gasteiger partial charge in [0.1, 0.15) is 0 Å². The van der Waals surface area contributed by atoms with Crippen LogP contribution in [0.15, 0.2) is 57.7 Å². The molecule has 2 amide bonds. The Morgan fingerprint density at radius 1 is 1.07 bits per heavy atom. The highest BCUT2D eigenvalue weighted by atomic mass is 16.4. The normalized spacial score (nSPS) is 10.8. The molecule has 0 spiro atoms. The fourth-order valence-corrected chi connectivity index (χ4v) is 3.09. The van der Waals surface area contributed by atoms with Crippen molar-refractivity contribution >= 4 is 28.6 Å². The van der Waals surface area contributed by atoms with Crippen molar-refractivity contribution in [2.45, 2.75) is 26.8 Å². The standard InChI is InChI=1S/C21H23N3O4/c1-3-23(4-2)20(26)15-8-7-9-16(14-15)22-19(25)12-13-24-17-10-5-6-11-18(17)28-21(24)27/h5-11,14H,3-4,12-13H2,1-2H3,(H,22,25). The average molecular weight is 381 g/mol. The highest BCUT2D eigenvalue weighted by Gasteiger charge is 2.14. The van der Waals surface area contributed by atoms with Crippen molar-refractivity contribution < 1.29 is 14.0 Å². The summed E-state index contributed by atoms with van der Waals surface area (Å²) in [5, 5.41) is 2.79. The Morgan fingerprint density at radius 2 is 1.82 bits per heavy atom. The third kappa shape index (κ3) is 4.14. The third-order valence-corrected chi connectivity index (χ3v) is 4.58.